The van der Waals surface area contributed by atoms with E-state index in [2.05, 4.69) is 41.9 Å². The van der Waals surface area contributed by atoms with Gasteiger partial charge in [-0.3, -0.25) is 9.59 Å². The number of carbonyl (C=O) groups excluding carboxylic acids is 2. The van der Waals surface area contributed by atoms with Gasteiger partial charge in [0.1, 0.15) is 12.6 Å². The number of carbonyl (C=O) groups is 2. The van der Waals surface area contributed by atoms with Crippen molar-refractivity contribution in [3.63, 3.8) is 0 Å². The summed E-state index contributed by atoms with van der Waals surface area (Å²) < 4.78 is 0. The molecular formula is C23H30N3O2+. The zero-order valence-electron chi connectivity index (χ0n) is 16.9. The van der Waals surface area contributed by atoms with Gasteiger partial charge >= 0.3 is 0 Å². The van der Waals surface area contributed by atoms with Gasteiger partial charge in [0.2, 0.25) is 5.91 Å². The highest BCUT2D eigenvalue weighted by molar-refractivity contribution is 5.97. The summed E-state index contributed by atoms with van der Waals surface area (Å²) in [4.78, 5) is 25.7. The van der Waals surface area contributed by atoms with Gasteiger partial charge in [0, 0.05) is 17.7 Å². The molecule has 0 saturated heterocycles. The average molecular weight is 381 g/mol. The second kappa shape index (κ2) is 9.02. The van der Waals surface area contributed by atoms with Crippen molar-refractivity contribution in [1.82, 2.24) is 5.32 Å². The fourth-order valence-electron chi connectivity index (χ4n) is 3.59. The molecule has 4 N–H and O–H groups in total. The van der Waals surface area contributed by atoms with Gasteiger partial charge in [0.15, 0.2) is 6.04 Å². The number of nitrogens with two attached hydrogens (primary N) is 1. The predicted molar refractivity (Wildman–Crippen MR) is 111 cm³/mol. The van der Waals surface area contributed by atoms with E-state index in [9.17, 15) is 9.59 Å². The van der Waals surface area contributed by atoms with Gasteiger partial charge in [0.05, 0.1) is 0 Å². The normalized spacial score (nSPS) is 16.9. The smallest absolute Gasteiger partial charge is 0.279 e. The number of aryl methyl sites for hydroxylation is 1. The lowest BCUT2D eigenvalue weighted by Crippen LogP contribution is -2.93. The molecule has 0 bridgehead atoms. The minimum absolute atomic E-state index is 0.0702. The van der Waals surface area contributed by atoms with Gasteiger partial charge in [-0.05, 0) is 37.0 Å². The quantitative estimate of drug-likeness (QED) is 0.718. The van der Waals surface area contributed by atoms with Crippen molar-refractivity contribution in [1.29, 1.82) is 0 Å². The molecule has 2 aromatic rings. The molecular weight excluding hydrogens is 350 g/mol. The van der Waals surface area contributed by atoms with Crippen molar-refractivity contribution in [3.05, 3.63) is 65.2 Å². The Bertz CT molecular complexity index is 830. The molecule has 0 aromatic heterocycles. The number of anilines is 1. The molecule has 0 saturated carbocycles. The summed E-state index contributed by atoms with van der Waals surface area (Å²) in [6.45, 7) is 6.91. The number of rotatable bonds is 6. The molecule has 1 aliphatic rings. The van der Waals surface area contributed by atoms with E-state index in [4.69, 9.17) is 0 Å². The van der Waals surface area contributed by atoms with Crippen LogP contribution in [0.3, 0.4) is 0 Å². The van der Waals surface area contributed by atoms with Gasteiger partial charge in [-0.25, -0.2) is 0 Å². The zero-order valence-corrected chi connectivity index (χ0v) is 16.9. The second-order valence-electron chi connectivity index (χ2n) is 8.07. The summed E-state index contributed by atoms with van der Waals surface area (Å²) in [5.41, 5.74) is 4.38. The van der Waals surface area contributed by atoms with E-state index in [-0.39, 0.29) is 17.9 Å². The van der Waals surface area contributed by atoms with E-state index in [1.54, 1.807) is 0 Å². The molecule has 1 heterocycles. The molecule has 2 atom stereocenters. The number of quaternary nitrogens is 1. The molecule has 0 aliphatic carbocycles. The average Bonchev–Trinajstić information content (AvgIpc) is 2.68. The lowest BCUT2D eigenvalue weighted by molar-refractivity contribution is -0.695. The molecule has 5 nitrogen and oxygen atoms in total. The Hall–Kier alpha value is -2.66. The van der Waals surface area contributed by atoms with Crippen LogP contribution in [0.5, 0.6) is 0 Å². The topological polar surface area (TPSA) is 74.8 Å². The van der Waals surface area contributed by atoms with E-state index in [0.29, 0.717) is 18.8 Å². The van der Waals surface area contributed by atoms with Gasteiger partial charge in [-0.1, -0.05) is 55.8 Å². The molecule has 0 radical (unpaired) electrons. The van der Waals surface area contributed by atoms with E-state index in [1.165, 1.54) is 11.1 Å². The van der Waals surface area contributed by atoms with Crippen molar-refractivity contribution >= 4 is 17.5 Å². The Balaban J connectivity index is 1.65. The molecule has 2 amide bonds. The third kappa shape index (κ3) is 5.20. The number of fused-ring (bicyclic) bond motifs is 1. The Kier molecular flexibility index (Phi) is 6.47. The standard InChI is InChI=1S/C23H29N3O2/c1-15(2)12-21(23(28)25-19-10-8-16(3)9-11-19)26-22(27)20-13-17-6-4-5-7-18(17)14-24-20/h4-11,15,20-21,24H,12-14H2,1-3H3,(H,25,28)(H,26,27)/p+1/t20-,21-/m0/s1. The Morgan fingerprint density at radius 1 is 1.07 bits per heavy atom. The van der Waals surface area contributed by atoms with Crippen LogP contribution in [0.2, 0.25) is 0 Å². The van der Waals surface area contributed by atoms with Gasteiger partial charge < -0.3 is 16.0 Å². The third-order valence-corrected chi connectivity index (χ3v) is 5.18. The Labute approximate surface area is 166 Å². The number of hydrogen-bond donors (Lipinski definition) is 3. The molecule has 0 fully saturated rings. The number of amides is 2. The molecule has 3 rings (SSSR count). The van der Waals surface area contributed by atoms with E-state index in [0.717, 1.165) is 17.8 Å². The Morgan fingerprint density at radius 2 is 1.75 bits per heavy atom. The molecule has 1 aliphatic heterocycles. The number of hydrogen-bond acceptors (Lipinski definition) is 2. The van der Waals surface area contributed by atoms with Gasteiger partial charge in [-0.2, -0.15) is 0 Å². The van der Waals surface area contributed by atoms with Gasteiger partial charge in [0.25, 0.3) is 5.91 Å². The number of benzene rings is 2. The highest BCUT2D eigenvalue weighted by Gasteiger charge is 2.31. The highest BCUT2D eigenvalue weighted by Crippen LogP contribution is 2.14. The van der Waals surface area contributed by atoms with Gasteiger partial charge in [-0.15, -0.1) is 0 Å². The zero-order chi connectivity index (χ0) is 20.1. The van der Waals surface area contributed by atoms with Crippen LogP contribution in [0.25, 0.3) is 0 Å². The number of nitrogens with one attached hydrogen (secondary N) is 2. The highest BCUT2D eigenvalue weighted by atomic mass is 16.2. The largest absolute Gasteiger partial charge is 0.339 e. The van der Waals surface area contributed by atoms with Crippen LogP contribution in [0.4, 0.5) is 5.69 Å². The van der Waals surface area contributed by atoms with Crippen molar-refractivity contribution < 1.29 is 14.9 Å². The SMILES string of the molecule is Cc1ccc(NC(=O)[C@H](CC(C)C)NC(=O)[C@@H]2Cc3ccccc3C[NH2+]2)cc1. The minimum atomic E-state index is -0.542. The molecule has 0 spiro atoms. The van der Waals surface area contributed by atoms with Crippen molar-refractivity contribution in [2.24, 2.45) is 5.92 Å². The van der Waals surface area contributed by atoms with Crippen LogP contribution < -0.4 is 16.0 Å². The van der Waals surface area contributed by atoms with Crippen molar-refractivity contribution in [2.45, 2.75) is 52.2 Å². The maximum atomic E-state index is 12.9. The maximum Gasteiger partial charge on any atom is 0.279 e. The van der Waals surface area contributed by atoms with Crippen LogP contribution in [-0.2, 0) is 22.6 Å². The maximum absolute atomic E-state index is 12.9. The summed E-state index contributed by atoms with van der Waals surface area (Å²) in [5, 5.41) is 7.99. The first-order valence-corrected chi connectivity index (χ1v) is 10.0. The van der Waals surface area contributed by atoms with Crippen LogP contribution in [0.15, 0.2) is 48.5 Å². The van der Waals surface area contributed by atoms with Crippen LogP contribution in [0, 0.1) is 12.8 Å². The first kappa shape index (κ1) is 20.1. The first-order valence-electron chi connectivity index (χ1n) is 10.0. The summed E-state index contributed by atoms with van der Waals surface area (Å²) in [7, 11) is 0. The molecule has 0 unspecified atom stereocenters. The third-order valence-electron chi connectivity index (χ3n) is 5.18. The Morgan fingerprint density at radius 3 is 2.43 bits per heavy atom. The van der Waals surface area contributed by atoms with Crippen molar-refractivity contribution in [3.8, 4) is 0 Å². The molecule has 28 heavy (non-hydrogen) atoms. The van der Waals surface area contributed by atoms with Crippen LogP contribution in [0.1, 0.15) is 37.0 Å². The monoisotopic (exact) mass is 380 g/mol. The summed E-state index contributed by atoms with van der Waals surface area (Å²) in [6.07, 6.45) is 1.29. The second-order valence-corrected chi connectivity index (χ2v) is 8.07. The van der Waals surface area contributed by atoms with Crippen molar-refractivity contribution in [2.75, 3.05) is 5.32 Å². The van der Waals surface area contributed by atoms with E-state index < -0.39 is 6.04 Å². The van der Waals surface area contributed by atoms with Crippen LogP contribution >= 0.6 is 0 Å². The van der Waals surface area contributed by atoms with E-state index in [1.807, 2.05) is 43.3 Å². The summed E-state index contributed by atoms with van der Waals surface area (Å²) in [6, 6.07) is 15.2. The lowest BCUT2D eigenvalue weighted by Gasteiger charge is -2.25. The summed E-state index contributed by atoms with van der Waals surface area (Å²) in [5.74, 6) is 0.0615. The lowest BCUT2D eigenvalue weighted by atomic mass is 9.95. The summed E-state index contributed by atoms with van der Waals surface area (Å²) >= 11 is 0. The molecule has 5 heteroatoms. The fourth-order valence-corrected chi connectivity index (χ4v) is 3.59. The van der Waals surface area contributed by atoms with Crippen LogP contribution in [-0.4, -0.2) is 23.9 Å². The molecule has 2 aromatic carbocycles. The fraction of sp³-hybridized carbons (Fsp3) is 0.391. The van der Waals surface area contributed by atoms with E-state index >= 15 is 0 Å². The molecule has 148 valence electrons. The minimum Gasteiger partial charge on any atom is -0.339 e. The first-order chi connectivity index (χ1) is 13.4. The predicted octanol–water partition coefficient (Wildman–Crippen LogP) is 2.15.